The number of methoxy groups -OCH3 is 1. The molecule has 2 amide bonds. The van der Waals surface area contributed by atoms with E-state index in [0.29, 0.717) is 33.6 Å². The fourth-order valence-electron chi connectivity index (χ4n) is 3.21. The smallest absolute Gasteiger partial charge is 0.231 e. The van der Waals surface area contributed by atoms with Gasteiger partial charge in [-0.15, -0.1) is 0 Å². The predicted octanol–water partition coefficient (Wildman–Crippen LogP) is 3.07. The van der Waals surface area contributed by atoms with E-state index in [-0.39, 0.29) is 31.6 Å². The van der Waals surface area contributed by atoms with Crippen molar-refractivity contribution in [2.75, 3.05) is 30.7 Å². The second kappa shape index (κ2) is 7.00. The van der Waals surface area contributed by atoms with Crippen LogP contribution in [0.2, 0.25) is 5.02 Å². The molecule has 0 bridgehead atoms. The minimum Gasteiger partial charge on any atom is -0.495 e. The summed E-state index contributed by atoms with van der Waals surface area (Å²) in [6, 6.07) is 10.2. The Morgan fingerprint density at radius 1 is 1.22 bits per heavy atom. The molecule has 1 N–H and O–H groups in total. The van der Waals surface area contributed by atoms with Gasteiger partial charge in [-0.25, -0.2) is 0 Å². The third-order valence-corrected chi connectivity index (χ3v) is 4.80. The quantitative estimate of drug-likeness (QED) is 0.871. The van der Waals surface area contributed by atoms with Crippen molar-refractivity contribution in [2.45, 2.75) is 6.42 Å². The highest BCUT2D eigenvalue weighted by Crippen LogP contribution is 2.36. The van der Waals surface area contributed by atoms with Crippen LogP contribution in [0.25, 0.3) is 0 Å². The van der Waals surface area contributed by atoms with Crippen LogP contribution in [0, 0.1) is 5.92 Å². The number of nitrogens with one attached hydrogen (secondary N) is 1. The van der Waals surface area contributed by atoms with Crippen molar-refractivity contribution in [3.63, 3.8) is 0 Å². The number of fused-ring (bicyclic) bond motifs is 1. The van der Waals surface area contributed by atoms with Crippen molar-refractivity contribution < 1.29 is 23.8 Å². The van der Waals surface area contributed by atoms with Crippen molar-refractivity contribution >= 4 is 34.8 Å². The van der Waals surface area contributed by atoms with Gasteiger partial charge in [0, 0.05) is 29.7 Å². The Labute approximate surface area is 160 Å². The molecule has 1 fully saturated rings. The average Bonchev–Trinajstić information content (AvgIpc) is 3.27. The Balaban J connectivity index is 1.49. The molecule has 1 saturated heterocycles. The van der Waals surface area contributed by atoms with Gasteiger partial charge in [-0.3, -0.25) is 9.59 Å². The summed E-state index contributed by atoms with van der Waals surface area (Å²) in [6.45, 7) is 0.423. The van der Waals surface area contributed by atoms with Gasteiger partial charge in [0.05, 0.1) is 18.7 Å². The van der Waals surface area contributed by atoms with E-state index in [1.807, 2.05) is 0 Å². The highest BCUT2D eigenvalue weighted by atomic mass is 35.5. The summed E-state index contributed by atoms with van der Waals surface area (Å²) in [4.78, 5) is 26.7. The van der Waals surface area contributed by atoms with Gasteiger partial charge >= 0.3 is 0 Å². The lowest BCUT2D eigenvalue weighted by Crippen LogP contribution is -2.28. The molecule has 4 rings (SSSR count). The largest absolute Gasteiger partial charge is 0.495 e. The number of amides is 2. The molecular weight excluding hydrogens is 372 g/mol. The van der Waals surface area contributed by atoms with Crippen LogP contribution in [0.5, 0.6) is 17.2 Å². The number of carbonyl (C=O) groups excluding carboxylic acids is 2. The molecule has 27 heavy (non-hydrogen) atoms. The summed E-state index contributed by atoms with van der Waals surface area (Å²) in [5.41, 5.74) is 1.16. The maximum absolute atomic E-state index is 12.6. The predicted molar refractivity (Wildman–Crippen MR) is 99.7 cm³/mol. The van der Waals surface area contributed by atoms with Crippen molar-refractivity contribution in [1.82, 2.24) is 0 Å². The molecule has 0 saturated carbocycles. The Morgan fingerprint density at radius 3 is 2.85 bits per heavy atom. The first-order chi connectivity index (χ1) is 13.0. The molecule has 2 aromatic rings. The number of benzene rings is 2. The van der Waals surface area contributed by atoms with Gasteiger partial charge in [-0.1, -0.05) is 11.6 Å². The van der Waals surface area contributed by atoms with Crippen LogP contribution in [0.3, 0.4) is 0 Å². The molecule has 1 atom stereocenters. The van der Waals surface area contributed by atoms with Crippen molar-refractivity contribution in [1.29, 1.82) is 0 Å². The van der Waals surface area contributed by atoms with Crippen LogP contribution in [0.15, 0.2) is 36.4 Å². The number of hydrogen-bond donors (Lipinski definition) is 1. The van der Waals surface area contributed by atoms with Crippen LogP contribution in [0.1, 0.15) is 6.42 Å². The summed E-state index contributed by atoms with van der Waals surface area (Å²) in [6.07, 6.45) is 0.117. The van der Waals surface area contributed by atoms with Crippen LogP contribution in [0.4, 0.5) is 11.4 Å². The lowest BCUT2D eigenvalue weighted by Gasteiger charge is -2.20. The fraction of sp³-hybridized carbons (Fsp3) is 0.263. The number of rotatable bonds is 4. The lowest BCUT2D eigenvalue weighted by atomic mass is 10.1. The standard InChI is InChI=1S/C19H17ClN2O5/c1-25-15-4-2-12(20)7-14(15)22-9-11(6-18(22)23)19(24)21-13-3-5-16-17(8-13)27-10-26-16/h2-5,7-8,11H,6,9-10H2,1H3,(H,21,24). The normalized spacial score (nSPS) is 17.9. The number of halogens is 1. The Hall–Kier alpha value is -2.93. The third-order valence-electron chi connectivity index (χ3n) is 4.57. The molecule has 8 heteroatoms. The van der Waals surface area contributed by atoms with Gasteiger partial charge in [0.1, 0.15) is 5.75 Å². The SMILES string of the molecule is COc1ccc(Cl)cc1N1CC(C(=O)Nc2ccc3c(c2)OCO3)CC1=O. The highest BCUT2D eigenvalue weighted by Gasteiger charge is 2.36. The summed E-state index contributed by atoms with van der Waals surface area (Å²) in [7, 11) is 1.52. The van der Waals surface area contributed by atoms with E-state index in [4.69, 9.17) is 25.8 Å². The van der Waals surface area contributed by atoms with Crippen molar-refractivity contribution in [2.24, 2.45) is 5.92 Å². The number of nitrogens with zero attached hydrogens (tertiary/aromatic N) is 1. The highest BCUT2D eigenvalue weighted by molar-refractivity contribution is 6.31. The van der Waals surface area contributed by atoms with Gasteiger partial charge in [0.2, 0.25) is 18.6 Å². The molecule has 0 aliphatic carbocycles. The maximum Gasteiger partial charge on any atom is 0.231 e. The van der Waals surface area contributed by atoms with E-state index in [9.17, 15) is 9.59 Å². The molecule has 7 nitrogen and oxygen atoms in total. The van der Waals surface area contributed by atoms with E-state index in [1.54, 1.807) is 36.4 Å². The van der Waals surface area contributed by atoms with Gasteiger partial charge in [-0.05, 0) is 30.3 Å². The molecule has 2 aliphatic rings. The van der Waals surface area contributed by atoms with Gasteiger partial charge in [0.25, 0.3) is 0 Å². The number of ether oxygens (including phenoxy) is 3. The summed E-state index contributed by atoms with van der Waals surface area (Å²) >= 11 is 6.06. The monoisotopic (exact) mass is 388 g/mol. The lowest BCUT2D eigenvalue weighted by molar-refractivity contribution is -0.122. The van der Waals surface area contributed by atoms with Crippen LogP contribution in [-0.4, -0.2) is 32.3 Å². The second-order valence-electron chi connectivity index (χ2n) is 6.28. The molecule has 2 heterocycles. The Kier molecular flexibility index (Phi) is 4.53. The van der Waals surface area contributed by atoms with E-state index < -0.39 is 5.92 Å². The van der Waals surface area contributed by atoms with Gasteiger partial charge in [-0.2, -0.15) is 0 Å². The second-order valence-corrected chi connectivity index (χ2v) is 6.72. The molecular formula is C19H17ClN2O5. The molecule has 0 spiro atoms. The van der Waals surface area contributed by atoms with Crippen LogP contribution >= 0.6 is 11.6 Å². The van der Waals surface area contributed by atoms with Gasteiger partial charge in [0.15, 0.2) is 11.5 Å². The first-order valence-electron chi connectivity index (χ1n) is 8.39. The molecule has 0 radical (unpaired) electrons. The molecule has 140 valence electrons. The number of anilines is 2. The van der Waals surface area contributed by atoms with Crippen molar-refractivity contribution in [3.8, 4) is 17.2 Å². The summed E-state index contributed by atoms with van der Waals surface area (Å²) in [5.74, 6) is 0.896. The van der Waals surface area contributed by atoms with Gasteiger partial charge < -0.3 is 24.4 Å². The first-order valence-corrected chi connectivity index (χ1v) is 8.77. The van der Waals surface area contributed by atoms with Crippen LogP contribution < -0.4 is 24.4 Å². The molecule has 2 aromatic carbocycles. The topological polar surface area (TPSA) is 77.1 Å². The van der Waals surface area contributed by atoms with E-state index >= 15 is 0 Å². The van der Waals surface area contributed by atoms with E-state index in [0.717, 1.165) is 0 Å². The number of carbonyl (C=O) groups is 2. The van der Waals surface area contributed by atoms with Crippen molar-refractivity contribution in [3.05, 3.63) is 41.4 Å². The molecule has 2 aliphatic heterocycles. The van der Waals surface area contributed by atoms with Crippen LogP contribution in [-0.2, 0) is 9.59 Å². The Morgan fingerprint density at radius 2 is 2.04 bits per heavy atom. The third kappa shape index (κ3) is 3.38. The minimum absolute atomic E-state index is 0.117. The number of hydrogen-bond acceptors (Lipinski definition) is 5. The molecule has 1 unspecified atom stereocenters. The maximum atomic E-state index is 12.6. The Bertz CT molecular complexity index is 917. The fourth-order valence-corrected chi connectivity index (χ4v) is 3.38. The first kappa shape index (κ1) is 17.5. The van der Waals surface area contributed by atoms with E-state index in [2.05, 4.69) is 5.32 Å². The zero-order chi connectivity index (χ0) is 19.0. The summed E-state index contributed by atoms with van der Waals surface area (Å²) in [5, 5.41) is 3.33. The minimum atomic E-state index is -0.480. The zero-order valence-corrected chi connectivity index (χ0v) is 15.3. The van der Waals surface area contributed by atoms with E-state index in [1.165, 1.54) is 12.0 Å². The molecule has 0 aromatic heterocycles. The average molecular weight is 389 g/mol. The summed E-state index contributed by atoms with van der Waals surface area (Å²) < 4.78 is 15.9. The zero-order valence-electron chi connectivity index (χ0n) is 14.5.